The van der Waals surface area contributed by atoms with Gasteiger partial charge in [0, 0.05) is 0 Å². The Labute approximate surface area is 208 Å². The molecule has 2 heteroatoms. The lowest BCUT2D eigenvalue weighted by Gasteiger charge is -2.36. The molecule has 3 atom stereocenters. The number of ether oxygens (including phenoxy) is 1. The molecule has 3 rings (SSSR count). The van der Waals surface area contributed by atoms with Gasteiger partial charge in [0.05, 0.1) is 6.10 Å². The first-order valence-corrected chi connectivity index (χ1v) is 13.5. The number of hydrogen-bond donors (Lipinski definition) is 1. The summed E-state index contributed by atoms with van der Waals surface area (Å²) in [5.74, 6) is 1.88. The van der Waals surface area contributed by atoms with Crippen molar-refractivity contribution < 1.29 is 9.84 Å². The van der Waals surface area contributed by atoms with Crippen molar-refractivity contribution in [3.63, 3.8) is 0 Å². The first-order valence-electron chi connectivity index (χ1n) is 13.5. The van der Waals surface area contributed by atoms with Crippen molar-refractivity contribution in [1.82, 2.24) is 0 Å². The Morgan fingerprint density at radius 2 is 1.82 bits per heavy atom. The van der Waals surface area contributed by atoms with Crippen molar-refractivity contribution in [2.45, 2.75) is 110 Å². The van der Waals surface area contributed by atoms with Crippen molar-refractivity contribution in [3.8, 4) is 5.75 Å². The maximum absolute atomic E-state index is 10.5. The highest BCUT2D eigenvalue weighted by Gasteiger charge is 2.33. The molecule has 0 radical (unpaired) electrons. The fraction of sp³-hybridized carbons (Fsp3) is 0.562. The molecule has 1 aliphatic carbocycles. The normalized spacial score (nSPS) is 21.1. The van der Waals surface area contributed by atoms with Crippen LogP contribution in [0.5, 0.6) is 5.75 Å². The lowest BCUT2D eigenvalue weighted by Crippen LogP contribution is -2.27. The third-order valence-electron chi connectivity index (χ3n) is 7.73. The van der Waals surface area contributed by atoms with Crippen LogP contribution in [0.25, 0.3) is 0 Å². The molecule has 0 aliphatic heterocycles. The van der Waals surface area contributed by atoms with Gasteiger partial charge in [0.1, 0.15) is 12.4 Å². The molecule has 1 N–H and O–H groups in total. The zero-order chi connectivity index (χ0) is 24.4. The van der Waals surface area contributed by atoms with E-state index in [0.29, 0.717) is 18.4 Å². The van der Waals surface area contributed by atoms with Gasteiger partial charge in [0.25, 0.3) is 0 Å². The highest BCUT2D eigenvalue weighted by Crippen LogP contribution is 2.45. The zero-order valence-electron chi connectivity index (χ0n) is 21.9. The van der Waals surface area contributed by atoms with Crippen LogP contribution in [0.15, 0.2) is 60.7 Å². The molecule has 0 saturated heterocycles. The molecule has 0 amide bonds. The molecule has 186 valence electrons. The van der Waals surface area contributed by atoms with Crippen LogP contribution >= 0.6 is 0 Å². The summed E-state index contributed by atoms with van der Waals surface area (Å²) in [6.07, 6.45) is 14.4. The summed E-state index contributed by atoms with van der Waals surface area (Å²) >= 11 is 0. The molecule has 0 unspecified atom stereocenters. The Morgan fingerprint density at radius 1 is 1.03 bits per heavy atom. The van der Waals surface area contributed by atoms with Crippen LogP contribution in [0.2, 0.25) is 0 Å². The molecule has 0 spiro atoms. The Kier molecular flexibility index (Phi) is 10.3. The molecule has 1 aliphatic rings. The van der Waals surface area contributed by atoms with E-state index in [1.165, 1.54) is 48.8 Å². The predicted molar refractivity (Wildman–Crippen MR) is 145 cm³/mol. The number of hydrogen-bond acceptors (Lipinski definition) is 2. The molecule has 1 fully saturated rings. The maximum Gasteiger partial charge on any atom is 0.123 e. The quantitative estimate of drug-likeness (QED) is 0.252. The second kappa shape index (κ2) is 13.1. The Bertz CT molecular complexity index is 883. The van der Waals surface area contributed by atoms with Crippen LogP contribution in [-0.4, -0.2) is 11.2 Å². The van der Waals surface area contributed by atoms with Gasteiger partial charge in [-0.15, -0.1) is 0 Å². The van der Waals surface area contributed by atoms with Crippen molar-refractivity contribution in [3.05, 3.63) is 77.4 Å². The average molecular weight is 463 g/mol. The molecule has 2 aromatic carbocycles. The van der Waals surface area contributed by atoms with E-state index in [1.54, 1.807) is 0 Å². The lowest BCUT2D eigenvalue weighted by atomic mass is 9.71. The van der Waals surface area contributed by atoms with Gasteiger partial charge < -0.3 is 9.84 Å². The van der Waals surface area contributed by atoms with Gasteiger partial charge in [-0.25, -0.2) is 0 Å². The van der Waals surface area contributed by atoms with Crippen molar-refractivity contribution in [1.29, 1.82) is 0 Å². The Hall–Kier alpha value is -2.06. The summed E-state index contributed by atoms with van der Waals surface area (Å²) < 4.78 is 6.54. The molecule has 0 aromatic heterocycles. The minimum absolute atomic E-state index is 0.119. The summed E-state index contributed by atoms with van der Waals surface area (Å²) in [7, 11) is 0. The fourth-order valence-corrected chi connectivity index (χ4v) is 5.44. The number of aliphatic hydroxyl groups is 1. The summed E-state index contributed by atoms with van der Waals surface area (Å²) in [5, 5.41) is 10.5. The highest BCUT2D eigenvalue weighted by atomic mass is 16.5. The SMILES string of the molecule is CC=CC[C@@H]1CC[C@@H](O)C[C@H]1c1ccc(C(C)(C)CCCCCC)cc1OCc1ccccc1. The van der Waals surface area contributed by atoms with E-state index in [9.17, 15) is 5.11 Å². The predicted octanol–water partition coefficient (Wildman–Crippen LogP) is 8.72. The number of rotatable bonds is 12. The van der Waals surface area contributed by atoms with Crippen LogP contribution in [-0.2, 0) is 12.0 Å². The minimum Gasteiger partial charge on any atom is -0.489 e. The molecular formula is C32H46O2. The van der Waals surface area contributed by atoms with Gasteiger partial charge in [-0.2, -0.15) is 0 Å². The molecule has 1 saturated carbocycles. The number of aliphatic hydroxyl groups excluding tert-OH is 1. The van der Waals surface area contributed by atoms with Gasteiger partial charge >= 0.3 is 0 Å². The smallest absolute Gasteiger partial charge is 0.123 e. The van der Waals surface area contributed by atoms with Crippen LogP contribution in [0.3, 0.4) is 0 Å². The van der Waals surface area contributed by atoms with Crippen LogP contribution < -0.4 is 4.74 Å². The van der Waals surface area contributed by atoms with E-state index in [-0.39, 0.29) is 11.5 Å². The van der Waals surface area contributed by atoms with Crippen molar-refractivity contribution in [2.24, 2.45) is 5.92 Å². The van der Waals surface area contributed by atoms with E-state index in [1.807, 2.05) is 6.07 Å². The molecule has 0 heterocycles. The molecule has 2 nitrogen and oxygen atoms in total. The number of allylic oxidation sites excluding steroid dienone is 2. The van der Waals surface area contributed by atoms with E-state index in [4.69, 9.17) is 4.74 Å². The van der Waals surface area contributed by atoms with Gasteiger partial charge in [-0.3, -0.25) is 0 Å². The van der Waals surface area contributed by atoms with E-state index in [0.717, 1.165) is 31.4 Å². The zero-order valence-corrected chi connectivity index (χ0v) is 21.9. The van der Waals surface area contributed by atoms with Crippen LogP contribution in [0.4, 0.5) is 0 Å². The van der Waals surface area contributed by atoms with Crippen molar-refractivity contribution in [2.75, 3.05) is 0 Å². The first-order chi connectivity index (χ1) is 16.4. The summed E-state index contributed by atoms with van der Waals surface area (Å²) in [6.45, 7) is 9.68. The molecular weight excluding hydrogens is 416 g/mol. The van der Waals surface area contributed by atoms with E-state index >= 15 is 0 Å². The molecule has 0 bridgehead atoms. The molecule has 2 aromatic rings. The van der Waals surface area contributed by atoms with Crippen LogP contribution in [0.1, 0.15) is 108 Å². The van der Waals surface area contributed by atoms with Crippen LogP contribution in [0, 0.1) is 5.92 Å². The van der Waals surface area contributed by atoms with Crippen molar-refractivity contribution >= 4 is 0 Å². The maximum atomic E-state index is 10.5. The third-order valence-corrected chi connectivity index (χ3v) is 7.73. The van der Waals surface area contributed by atoms with Gasteiger partial charge in [0.15, 0.2) is 0 Å². The van der Waals surface area contributed by atoms with E-state index in [2.05, 4.69) is 82.3 Å². The summed E-state index contributed by atoms with van der Waals surface area (Å²) in [6, 6.07) is 17.4. The molecule has 34 heavy (non-hydrogen) atoms. The number of benzene rings is 2. The first kappa shape index (κ1) is 26.5. The summed E-state index contributed by atoms with van der Waals surface area (Å²) in [4.78, 5) is 0. The minimum atomic E-state index is -0.219. The third kappa shape index (κ3) is 7.47. The second-order valence-corrected chi connectivity index (χ2v) is 10.9. The largest absolute Gasteiger partial charge is 0.489 e. The lowest BCUT2D eigenvalue weighted by molar-refractivity contribution is 0.0932. The summed E-state index contributed by atoms with van der Waals surface area (Å²) in [5.41, 5.74) is 3.94. The fourth-order valence-electron chi connectivity index (χ4n) is 5.44. The Morgan fingerprint density at radius 3 is 2.56 bits per heavy atom. The van der Waals surface area contributed by atoms with Gasteiger partial charge in [-0.05, 0) is 79.0 Å². The average Bonchev–Trinajstić information content (AvgIpc) is 2.85. The number of unbranched alkanes of at least 4 members (excludes halogenated alkanes) is 3. The van der Waals surface area contributed by atoms with Gasteiger partial charge in [-0.1, -0.05) is 101 Å². The van der Waals surface area contributed by atoms with Gasteiger partial charge in [0.2, 0.25) is 0 Å². The standard InChI is InChI=1S/C32H46O2/c1-5-7-9-13-21-32(3,4)27-18-20-29(30-23-28(33)19-17-26(30)16-8-6-2)31(22-27)34-24-25-14-11-10-12-15-25/h6,8,10-12,14-15,18,20,22,26,28,30,33H,5,7,9,13,16-17,19,21,23-24H2,1-4H3/t26-,28-,30-/m1/s1. The highest BCUT2D eigenvalue weighted by molar-refractivity contribution is 5.43. The Balaban J connectivity index is 1.90. The second-order valence-electron chi connectivity index (χ2n) is 10.9. The topological polar surface area (TPSA) is 29.5 Å². The van der Waals surface area contributed by atoms with E-state index < -0.39 is 0 Å². The monoisotopic (exact) mass is 462 g/mol.